The van der Waals surface area contributed by atoms with E-state index >= 15 is 0 Å². The number of anilines is 1. The molecule has 0 aliphatic heterocycles. The molecule has 6 heteroatoms. The highest BCUT2D eigenvalue weighted by atomic mass is 35.5. The normalized spacial score (nSPS) is 10.8. The first-order valence-corrected chi connectivity index (χ1v) is 7.98. The lowest BCUT2D eigenvalue weighted by Crippen LogP contribution is -2.27. The van der Waals surface area contributed by atoms with Gasteiger partial charge in [-0.25, -0.2) is 4.98 Å². The Labute approximate surface area is 143 Å². The van der Waals surface area contributed by atoms with Gasteiger partial charge in [0.15, 0.2) is 0 Å². The summed E-state index contributed by atoms with van der Waals surface area (Å²) in [7, 11) is 0. The van der Waals surface area contributed by atoms with Crippen LogP contribution in [0, 0.1) is 0 Å². The first-order chi connectivity index (χ1) is 11.6. The molecule has 122 valence electrons. The predicted molar refractivity (Wildman–Crippen MR) is 95.5 cm³/mol. The van der Waals surface area contributed by atoms with E-state index in [1.165, 1.54) is 10.9 Å². The van der Waals surface area contributed by atoms with E-state index in [1.54, 1.807) is 18.2 Å². The van der Waals surface area contributed by atoms with Crippen molar-refractivity contribution < 1.29 is 4.79 Å². The lowest BCUT2D eigenvalue weighted by molar-refractivity contribution is -0.116. The molecule has 0 unspecified atom stereocenters. The summed E-state index contributed by atoms with van der Waals surface area (Å²) in [6.45, 7) is 1.94. The van der Waals surface area contributed by atoms with Crippen LogP contribution in [0.15, 0.2) is 53.6 Å². The van der Waals surface area contributed by atoms with Crippen molar-refractivity contribution in [3.8, 4) is 0 Å². The molecule has 0 aliphatic carbocycles. The lowest BCUT2D eigenvalue weighted by atomic mass is 10.1. The van der Waals surface area contributed by atoms with Gasteiger partial charge in [-0.3, -0.25) is 14.2 Å². The highest BCUT2D eigenvalue weighted by Gasteiger charge is 2.09. The average Bonchev–Trinajstić information content (AvgIpc) is 2.58. The van der Waals surface area contributed by atoms with E-state index < -0.39 is 0 Å². The largest absolute Gasteiger partial charge is 0.325 e. The number of aromatic nitrogens is 2. The zero-order valence-corrected chi connectivity index (χ0v) is 13.9. The highest BCUT2D eigenvalue weighted by Crippen LogP contribution is 2.14. The Hall–Kier alpha value is -2.66. The van der Waals surface area contributed by atoms with E-state index in [1.807, 2.05) is 31.2 Å². The summed E-state index contributed by atoms with van der Waals surface area (Å²) in [6.07, 6.45) is 2.26. The number of nitrogens with one attached hydrogen (secondary N) is 1. The molecular formula is C18H16ClN3O2. The van der Waals surface area contributed by atoms with E-state index in [2.05, 4.69) is 10.3 Å². The Kier molecular flexibility index (Phi) is 4.62. The molecular weight excluding hydrogens is 326 g/mol. The fourth-order valence-electron chi connectivity index (χ4n) is 2.47. The minimum atomic E-state index is -0.292. The topological polar surface area (TPSA) is 64.0 Å². The molecule has 1 aromatic heterocycles. The van der Waals surface area contributed by atoms with Gasteiger partial charge in [0, 0.05) is 10.7 Å². The fourth-order valence-corrected chi connectivity index (χ4v) is 2.64. The number of amides is 1. The third-order valence-electron chi connectivity index (χ3n) is 3.72. The number of aryl methyl sites for hydroxylation is 1. The number of halogens is 1. The van der Waals surface area contributed by atoms with E-state index in [0.717, 1.165) is 12.0 Å². The summed E-state index contributed by atoms with van der Waals surface area (Å²) in [6, 6.07) is 12.5. The van der Waals surface area contributed by atoms with Gasteiger partial charge in [0.1, 0.15) is 6.54 Å². The van der Waals surface area contributed by atoms with Crippen molar-refractivity contribution in [1.82, 2.24) is 9.55 Å². The van der Waals surface area contributed by atoms with Crippen LogP contribution in [-0.2, 0) is 17.8 Å². The Morgan fingerprint density at radius 1 is 1.25 bits per heavy atom. The minimum Gasteiger partial charge on any atom is -0.325 e. The number of hydrogen-bond donors (Lipinski definition) is 1. The van der Waals surface area contributed by atoms with Crippen LogP contribution in [-0.4, -0.2) is 15.5 Å². The monoisotopic (exact) mass is 341 g/mol. The maximum absolute atomic E-state index is 12.5. The van der Waals surface area contributed by atoms with Crippen LogP contribution in [0.2, 0.25) is 5.02 Å². The van der Waals surface area contributed by atoms with Crippen LogP contribution in [0.3, 0.4) is 0 Å². The SMILES string of the molecule is CCc1cccc(NC(=O)Cn2cnc3ccc(Cl)cc3c2=O)c1. The summed E-state index contributed by atoms with van der Waals surface area (Å²) in [5, 5.41) is 3.65. The van der Waals surface area contributed by atoms with Gasteiger partial charge in [-0.15, -0.1) is 0 Å². The molecule has 3 aromatic rings. The van der Waals surface area contributed by atoms with Gasteiger partial charge in [-0.2, -0.15) is 0 Å². The van der Waals surface area contributed by atoms with Crippen LogP contribution in [0.4, 0.5) is 5.69 Å². The average molecular weight is 342 g/mol. The molecule has 2 aromatic carbocycles. The molecule has 0 saturated heterocycles. The second kappa shape index (κ2) is 6.84. The second-order valence-corrected chi connectivity index (χ2v) is 5.88. The summed E-state index contributed by atoms with van der Waals surface area (Å²) in [4.78, 5) is 28.9. The minimum absolute atomic E-state index is 0.107. The van der Waals surface area contributed by atoms with Crippen molar-refractivity contribution in [3.05, 3.63) is 69.7 Å². The first-order valence-electron chi connectivity index (χ1n) is 7.60. The van der Waals surface area contributed by atoms with Crippen LogP contribution >= 0.6 is 11.6 Å². The van der Waals surface area contributed by atoms with Crippen molar-refractivity contribution in [2.24, 2.45) is 0 Å². The Balaban J connectivity index is 1.82. The van der Waals surface area contributed by atoms with Gasteiger partial charge in [-0.05, 0) is 42.3 Å². The summed E-state index contributed by atoms with van der Waals surface area (Å²) < 4.78 is 1.28. The molecule has 0 fully saturated rings. The molecule has 1 N–H and O–H groups in total. The molecule has 0 atom stereocenters. The molecule has 0 radical (unpaired) electrons. The third kappa shape index (κ3) is 3.46. The van der Waals surface area contributed by atoms with Crippen LogP contribution < -0.4 is 10.9 Å². The number of carbonyl (C=O) groups excluding carboxylic acids is 1. The van der Waals surface area contributed by atoms with E-state index in [4.69, 9.17) is 11.6 Å². The van der Waals surface area contributed by atoms with Gasteiger partial charge < -0.3 is 5.32 Å². The van der Waals surface area contributed by atoms with Gasteiger partial charge in [0.25, 0.3) is 5.56 Å². The number of benzene rings is 2. The number of hydrogen-bond acceptors (Lipinski definition) is 3. The van der Waals surface area contributed by atoms with Gasteiger partial charge >= 0.3 is 0 Å². The Morgan fingerprint density at radius 2 is 2.08 bits per heavy atom. The smallest absolute Gasteiger partial charge is 0.261 e. The quantitative estimate of drug-likeness (QED) is 0.792. The summed E-state index contributed by atoms with van der Waals surface area (Å²) >= 11 is 5.93. The van der Waals surface area contributed by atoms with Crippen molar-refractivity contribution in [2.75, 3.05) is 5.32 Å². The zero-order chi connectivity index (χ0) is 17.1. The summed E-state index contributed by atoms with van der Waals surface area (Å²) in [5.74, 6) is -0.284. The molecule has 3 rings (SSSR count). The van der Waals surface area contributed by atoms with Gasteiger partial charge in [0.05, 0.1) is 17.2 Å². The summed E-state index contributed by atoms with van der Waals surface area (Å²) in [5.41, 5.74) is 2.10. The van der Waals surface area contributed by atoms with Crippen molar-refractivity contribution in [3.63, 3.8) is 0 Å². The molecule has 1 amide bonds. The molecule has 0 bridgehead atoms. The van der Waals surface area contributed by atoms with Crippen LogP contribution in [0.25, 0.3) is 10.9 Å². The number of fused-ring (bicyclic) bond motifs is 1. The van der Waals surface area contributed by atoms with E-state index in [9.17, 15) is 9.59 Å². The highest BCUT2D eigenvalue weighted by molar-refractivity contribution is 6.31. The second-order valence-electron chi connectivity index (χ2n) is 5.44. The molecule has 1 heterocycles. The zero-order valence-electron chi connectivity index (χ0n) is 13.1. The predicted octanol–water partition coefficient (Wildman–Crippen LogP) is 3.25. The Bertz CT molecular complexity index is 966. The lowest BCUT2D eigenvalue weighted by Gasteiger charge is -2.09. The van der Waals surface area contributed by atoms with E-state index in [0.29, 0.717) is 21.6 Å². The molecule has 0 aliphatic rings. The molecule has 0 saturated carbocycles. The third-order valence-corrected chi connectivity index (χ3v) is 3.95. The van der Waals surface area contributed by atoms with Gasteiger partial charge in [-0.1, -0.05) is 30.7 Å². The molecule has 0 spiro atoms. The van der Waals surface area contributed by atoms with E-state index in [-0.39, 0.29) is 18.0 Å². The maximum atomic E-state index is 12.5. The van der Waals surface area contributed by atoms with Gasteiger partial charge in [0.2, 0.25) is 5.91 Å². The number of carbonyl (C=O) groups is 1. The van der Waals surface area contributed by atoms with Crippen LogP contribution in [0.1, 0.15) is 12.5 Å². The standard InChI is InChI=1S/C18H16ClN3O2/c1-2-12-4-3-5-14(8-12)21-17(23)10-22-11-20-16-7-6-13(19)9-15(16)18(22)24/h3-9,11H,2,10H2,1H3,(H,21,23). The molecule has 5 nitrogen and oxygen atoms in total. The first kappa shape index (κ1) is 16.2. The molecule has 24 heavy (non-hydrogen) atoms. The van der Waals surface area contributed by atoms with Crippen molar-refractivity contribution >= 4 is 34.1 Å². The van der Waals surface area contributed by atoms with Crippen molar-refractivity contribution in [1.29, 1.82) is 0 Å². The number of rotatable bonds is 4. The Morgan fingerprint density at radius 3 is 2.88 bits per heavy atom. The van der Waals surface area contributed by atoms with Crippen LogP contribution in [0.5, 0.6) is 0 Å². The fraction of sp³-hybridized carbons (Fsp3) is 0.167. The van der Waals surface area contributed by atoms with Crippen molar-refractivity contribution in [2.45, 2.75) is 19.9 Å². The maximum Gasteiger partial charge on any atom is 0.261 e. The number of nitrogens with zero attached hydrogens (tertiary/aromatic N) is 2.